The zero-order valence-electron chi connectivity index (χ0n) is 10.5. The van der Waals surface area contributed by atoms with Crippen LogP contribution in [0.5, 0.6) is 0 Å². The van der Waals surface area contributed by atoms with Crippen molar-refractivity contribution in [3.05, 3.63) is 29.0 Å². The van der Waals surface area contributed by atoms with E-state index in [-0.39, 0.29) is 12.2 Å². The van der Waals surface area contributed by atoms with Gasteiger partial charge >= 0.3 is 0 Å². The van der Waals surface area contributed by atoms with Gasteiger partial charge in [0.05, 0.1) is 5.02 Å². The van der Waals surface area contributed by atoms with Crippen LogP contribution < -0.4 is 0 Å². The second kappa shape index (κ2) is 6.12. The molecule has 0 saturated carbocycles. The van der Waals surface area contributed by atoms with Crippen molar-refractivity contribution in [3.63, 3.8) is 0 Å². The standard InChI is InChI=1S/C13H18ClNO2/c1-4-13(3,17-5-2)12(16)8-10-6-7-15-9-11(10)14/h6-7,9H,4-5,8H2,1-3H3. The molecular formula is C13H18ClNO2. The van der Waals surface area contributed by atoms with Crippen LogP contribution in [0.2, 0.25) is 5.02 Å². The summed E-state index contributed by atoms with van der Waals surface area (Å²) in [5, 5.41) is 0.524. The van der Waals surface area contributed by atoms with Gasteiger partial charge in [0, 0.05) is 25.4 Å². The van der Waals surface area contributed by atoms with Crippen LogP contribution in [-0.2, 0) is 16.0 Å². The number of hydrogen-bond donors (Lipinski definition) is 0. The first-order valence-electron chi connectivity index (χ1n) is 5.79. The van der Waals surface area contributed by atoms with Crippen molar-refractivity contribution in [1.82, 2.24) is 4.98 Å². The summed E-state index contributed by atoms with van der Waals surface area (Å²) in [6.45, 7) is 6.19. The summed E-state index contributed by atoms with van der Waals surface area (Å²) < 4.78 is 5.54. The molecule has 1 unspecified atom stereocenters. The van der Waals surface area contributed by atoms with Crippen LogP contribution >= 0.6 is 11.6 Å². The number of pyridine rings is 1. The van der Waals surface area contributed by atoms with E-state index in [4.69, 9.17) is 16.3 Å². The Hall–Kier alpha value is -0.930. The van der Waals surface area contributed by atoms with Gasteiger partial charge in [-0.1, -0.05) is 18.5 Å². The Labute approximate surface area is 107 Å². The third-order valence-electron chi connectivity index (χ3n) is 2.93. The molecule has 1 rings (SSSR count). The molecule has 0 aliphatic carbocycles. The van der Waals surface area contributed by atoms with Crippen LogP contribution in [0.3, 0.4) is 0 Å². The maximum Gasteiger partial charge on any atom is 0.168 e. The SMILES string of the molecule is CCOC(C)(CC)C(=O)Cc1ccncc1Cl. The minimum atomic E-state index is -0.721. The Morgan fingerprint density at radius 3 is 2.76 bits per heavy atom. The number of Topliss-reactive ketones (excluding diaryl/α,β-unsaturated/α-hetero) is 1. The molecule has 0 fully saturated rings. The average Bonchev–Trinajstić information content (AvgIpc) is 2.32. The monoisotopic (exact) mass is 255 g/mol. The first-order chi connectivity index (χ1) is 8.03. The Kier molecular flexibility index (Phi) is 5.09. The van der Waals surface area contributed by atoms with Crippen LogP contribution in [-0.4, -0.2) is 23.0 Å². The Balaban J connectivity index is 2.81. The van der Waals surface area contributed by atoms with Crippen molar-refractivity contribution in [1.29, 1.82) is 0 Å². The Morgan fingerprint density at radius 2 is 2.24 bits per heavy atom. The minimum absolute atomic E-state index is 0.0509. The van der Waals surface area contributed by atoms with Crippen molar-refractivity contribution in [2.75, 3.05) is 6.61 Å². The molecule has 17 heavy (non-hydrogen) atoms. The highest BCUT2D eigenvalue weighted by Crippen LogP contribution is 2.22. The maximum atomic E-state index is 12.2. The molecule has 0 aliphatic heterocycles. The number of rotatable bonds is 6. The fourth-order valence-corrected chi connectivity index (χ4v) is 1.79. The van der Waals surface area contributed by atoms with E-state index in [1.807, 2.05) is 20.8 Å². The molecule has 0 saturated heterocycles. The topological polar surface area (TPSA) is 39.2 Å². The maximum absolute atomic E-state index is 12.2. The summed E-state index contributed by atoms with van der Waals surface area (Å²) in [6.07, 6.45) is 4.13. The second-order valence-electron chi connectivity index (χ2n) is 4.08. The molecule has 0 bridgehead atoms. The minimum Gasteiger partial charge on any atom is -0.368 e. The van der Waals surface area contributed by atoms with Gasteiger partial charge in [0.15, 0.2) is 5.78 Å². The van der Waals surface area contributed by atoms with Crippen LogP contribution in [0, 0.1) is 0 Å². The second-order valence-corrected chi connectivity index (χ2v) is 4.49. The Morgan fingerprint density at radius 1 is 1.53 bits per heavy atom. The lowest BCUT2D eigenvalue weighted by Crippen LogP contribution is -2.39. The molecule has 0 N–H and O–H groups in total. The molecule has 0 aliphatic rings. The smallest absolute Gasteiger partial charge is 0.168 e. The van der Waals surface area contributed by atoms with Crippen LogP contribution in [0.15, 0.2) is 18.5 Å². The number of halogens is 1. The molecule has 1 atom stereocenters. The van der Waals surface area contributed by atoms with E-state index in [1.54, 1.807) is 18.5 Å². The predicted molar refractivity (Wildman–Crippen MR) is 68.3 cm³/mol. The number of hydrogen-bond acceptors (Lipinski definition) is 3. The number of ether oxygens (including phenoxy) is 1. The summed E-state index contributed by atoms with van der Waals surface area (Å²) >= 11 is 5.98. The van der Waals surface area contributed by atoms with Crippen molar-refractivity contribution in [2.45, 2.75) is 39.2 Å². The van der Waals surface area contributed by atoms with E-state index in [0.717, 1.165) is 5.56 Å². The molecule has 4 heteroatoms. The zero-order valence-corrected chi connectivity index (χ0v) is 11.3. The van der Waals surface area contributed by atoms with Gasteiger partial charge in [-0.05, 0) is 31.9 Å². The highest BCUT2D eigenvalue weighted by molar-refractivity contribution is 6.31. The van der Waals surface area contributed by atoms with Gasteiger partial charge in [-0.3, -0.25) is 9.78 Å². The van der Waals surface area contributed by atoms with Gasteiger partial charge in [-0.25, -0.2) is 0 Å². The third kappa shape index (κ3) is 3.51. The number of nitrogens with zero attached hydrogens (tertiary/aromatic N) is 1. The molecule has 0 amide bonds. The van der Waals surface area contributed by atoms with Crippen molar-refractivity contribution >= 4 is 17.4 Å². The van der Waals surface area contributed by atoms with Crippen molar-refractivity contribution in [2.24, 2.45) is 0 Å². The molecule has 0 aromatic carbocycles. The largest absolute Gasteiger partial charge is 0.368 e. The fourth-order valence-electron chi connectivity index (χ4n) is 1.61. The molecule has 1 aromatic heterocycles. The highest BCUT2D eigenvalue weighted by Gasteiger charge is 2.31. The summed E-state index contributed by atoms with van der Waals surface area (Å²) in [4.78, 5) is 16.1. The lowest BCUT2D eigenvalue weighted by molar-refractivity contribution is -0.141. The number of aromatic nitrogens is 1. The van der Waals surface area contributed by atoms with Gasteiger partial charge < -0.3 is 4.74 Å². The van der Waals surface area contributed by atoms with E-state index >= 15 is 0 Å². The first-order valence-corrected chi connectivity index (χ1v) is 6.17. The van der Waals surface area contributed by atoms with E-state index in [2.05, 4.69) is 4.98 Å². The third-order valence-corrected chi connectivity index (χ3v) is 3.28. The zero-order chi connectivity index (χ0) is 12.9. The lowest BCUT2D eigenvalue weighted by Gasteiger charge is -2.26. The molecular weight excluding hydrogens is 238 g/mol. The molecule has 94 valence electrons. The van der Waals surface area contributed by atoms with Crippen molar-refractivity contribution < 1.29 is 9.53 Å². The highest BCUT2D eigenvalue weighted by atomic mass is 35.5. The number of ketones is 1. The number of carbonyl (C=O) groups excluding carboxylic acids is 1. The van der Waals surface area contributed by atoms with Gasteiger partial charge in [-0.2, -0.15) is 0 Å². The first kappa shape index (κ1) is 14.1. The fraction of sp³-hybridized carbons (Fsp3) is 0.538. The van der Waals surface area contributed by atoms with Crippen LogP contribution in [0.4, 0.5) is 0 Å². The average molecular weight is 256 g/mol. The van der Waals surface area contributed by atoms with Gasteiger partial charge in [0.25, 0.3) is 0 Å². The van der Waals surface area contributed by atoms with Crippen molar-refractivity contribution in [3.8, 4) is 0 Å². The van der Waals surface area contributed by atoms with E-state index in [1.165, 1.54) is 0 Å². The Bertz CT molecular complexity index is 395. The molecule has 0 radical (unpaired) electrons. The summed E-state index contributed by atoms with van der Waals surface area (Å²) in [7, 11) is 0. The summed E-state index contributed by atoms with van der Waals surface area (Å²) in [5.41, 5.74) is 0.0764. The van der Waals surface area contributed by atoms with E-state index in [9.17, 15) is 4.79 Å². The molecule has 1 heterocycles. The van der Waals surface area contributed by atoms with E-state index < -0.39 is 5.60 Å². The van der Waals surface area contributed by atoms with Gasteiger partial charge in [-0.15, -0.1) is 0 Å². The lowest BCUT2D eigenvalue weighted by atomic mass is 9.92. The molecule has 3 nitrogen and oxygen atoms in total. The predicted octanol–water partition coefficient (Wildman–Crippen LogP) is 3.05. The van der Waals surface area contributed by atoms with Crippen LogP contribution in [0.25, 0.3) is 0 Å². The van der Waals surface area contributed by atoms with Gasteiger partial charge in [0.1, 0.15) is 5.60 Å². The summed E-state index contributed by atoms with van der Waals surface area (Å²) in [5.74, 6) is 0.0509. The molecule has 0 spiro atoms. The number of carbonyl (C=O) groups is 1. The quantitative estimate of drug-likeness (QED) is 0.784. The van der Waals surface area contributed by atoms with E-state index in [0.29, 0.717) is 18.1 Å². The normalized spacial score (nSPS) is 14.4. The van der Waals surface area contributed by atoms with Gasteiger partial charge in [0.2, 0.25) is 0 Å². The summed E-state index contributed by atoms with van der Waals surface area (Å²) in [6, 6.07) is 1.77. The molecule has 1 aromatic rings. The van der Waals surface area contributed by atoms with Crippen LogP contribution in [0.1, 0.15) is 32.8 Å².